The zero-order chi connectivity index (χ0) is 14.7. The van der Waals surface area contributed by atoms with Gasteiger partial charge in [0.1, 0.15) is 0 Å². The predicted octanol–water partition coefficient (Wildman–Crippen LogP) is 3.11. The number of aliphatic hydroxyl groups excluding tert-OH is 1. The molecule has 0 aliphatic rings. The van der Waals surface area contributed by atoms with Crippen LogP contribution in [0.3, 0.4) is 0 Å². The molecule has 0 amide bonds. The summed E-state index contributed by atoms with van der Waals surface area (Å²) < 4.78 is 1.87. The second-order valence-corrected chi connectivity index (χ2v) is 5.48. The lowest BCUT2D eigenvalue weighted by molar-refractivity contribution is 0.165. The van der Waals surface area contributed by atoms with E-state index in [2.05, 4.69) is 35.4 Å². The summed E-state index contributed by atoms with van der Waals surface area (Å²) in [6.07, 6.45) is 3.77. The quantitative estimate of drug-likeness (QED) is 0.780. The zero-order valence-electron chi connectivity index (χ0n) is 12.2. The van der Waals surface area contributed by atoms with Crippen LogP contribution in [0.2, 0.25) is 0 Å². The first kappa shape index (κ1) is 13.8. The second-order valence-electron chi connectivity index (χ2n) is 5.48. The van der Waals surface area contributed by atoms with Crippen molar-refractivity contribution in [1.82, 2.24) is 9.78 Å². The van der Waals surface area contributed by atoms with Gasteiger partial charge in [-0.2, -0.15) is 5.10 Å². The van der Waals surface area contributed by atoms with Crippen LogP contribution >= 0.6 is 0 Å². The van der Waals surface area contributed by atoms with E-state index in [9.17, 15) is 5.11 Å². The molecule has 0 aliphatic carbocycles. The van der Waals surface area contributed by atoms with E-state index >= 15 is 0 Å². The van der Waals surface area contributed by atoms with Gasteiger partial charge in [-0.25, -0.2) is 0 Å². The van der Waals surface area contributed by atoms with Crippen LogP contribution in [-0.2, 0) is 19.9 Å². The Morgan fingerprint density at radius 1 is 1.10 bits per heavy atom. The molecule has 3 rings (SSSR count). The van der Waals surface area contributed by atoms with E-state index < -0.39 is 0 Å². The summed E-state index contributed by atoms with van der Waals surface area (Å²) in [4.78, 5) is 0. The van der Waals surface area contributed by atoms with Crippen LogP contribution in [-0.4, -0.2) is 21.0 Å². The van der Waals surface area contributed by atoms with Gasteiger partial charge in [0.25, 0.3) is 0 Å². The van der Waals surface area contributed by atoms with Gasteiger partial charge in [-0.1, -0.05) is 42.5 Å². The Labute approximate surface area is 124 Å². The lowest BCUT2D eigenvalue weighted by Gasteiger charge is -2.12. The maximum Gasteiger partial charge on any atom is 0.0584 e. The van der Waals surface area contributed by atoms with E-state index in [1.807, 2.05) is 29.9 Å². The van der Waals surface area contributed by atoms with Crippen molar-refractivity contribution in [3.05, 3.63) is 66.0 Å². The number of aryl methyl sites for hydroxylation is 2. The third-order valence-electron chi connectivity index (χ3n) is 3.99. The molecule has 0 saturated heterocycles. The van der Waals surface area contributed by atoms with Gasteiger partial charge in [-0.15, -0.1) is 0 Å². The number of fused-ring (bicyclic) bond motifs is 1. The van der Waals surface area contributed by atoms with Crippen molar-refractivity contribution >= 4 is 10.8 Å². The van der Waals surface area contributed by atoms with Crippen molar-refractivity contribution in [2.75, 3.05) is 0 Å². The van der Waals surface area contributed by atoms with Gasteiger partial charge in [0.15, 0.2) is 0 Å². The van der Waals surface area contributed by atoms with Gasteiger partial charge < -0.3 is 5.11 Å². The number of aliphatic hydroxyl groups is 1. The van der Waals surface area contributed by atoms with Crippen molar-refractivity contribution in [2.24, 2.45) is 7.05 Å². The van der Waals surface area contributed by atoms with Gasteiger partial charge in [-0.05, 0) is 41.7 Å². The lowest BCUT2D eigenvalue weighted by Crippen LogP contribution is -2.13. The number of aromatic nitrogens is 2. The molecule has 3 heteroatoms. The molecule has 1 N–H and O–H groups in total. The van der Waals surface area contributed by atoms with Crippen LogP contribution < -0.4 is 0 Å². The smallest absolute Gasteiger partial charge is 0.0584 e. The first-order valence-electron chi connectivity index (χ1n) is 7.35. The lowest BCUT2D eigenvalue weighted by atomic mass is 9.98. The molecule has 108 valence electrons. The van der Waals surface area contributed by atoms with E-state index in [4.69, 9.17) is 0 Å². The standard InChI is InChI=1S/C18H20N2O/c1-20-16(11-12-19-20)9-10-17(21)13-15-7-4-6-14-5-2-3-8-18(14)15/h2-8,11-12,17,21H,9-10,13H2,1H3. The number of hydrogen-bond donors (Lipinski definition) is 1. The van der Waals surface area contributed by atoms with E-state index in [0.29, 0.717) is 6.42 Å². The molecule has 0 spiro atoms. The first-order chi connectivity index (χ1) is 10.2. The minimum atomic E-state index is -0.328. The third-order valence-corrected chi connectivity index (χ3v) is 3.99. The summed E-state index contributed by atoms with van der Waals surface area (Å²) in [6, 6.07) is 16.6. The van der Waals surface area contributed by atoms with Crippen LogP contribution in [0.1, 0.15) is 17.7 Å². The summed E-state index contributed by atoms with van der Waals surface area (Å²) >= 11 is 0. The van der Waals surface area contributed by atoms with Crippen LogP contribution in [0.25, 0.3) is 10.8 Å². The molecule has 0 bridgehead atoms. The number of nitrogens with zero attached hydrogens (tertiary/aromatic N) is 2. The molecule has 0 aliphatic heterocycles. The number of hydrogen-bond acceptors (Lipinski definition) is 2. The van der Waals surface area contributed by atoms with Crippen LogP contribution in [0.4, 0.5) is 0 Å². The second kappa shape index (κ2) is 6.10. The summed E-state index contributed by atoms with van der Waals surface area (Å²) in [5.41, 5.74) is 2.37. The fraction of sp³-hybridized carbons (Fsp3) is 0.278. The highest BCUT2D eigenvalue weighted by Crippen LogP contribution is 2.20. The normalized spacial score (nSPS) is 12.7. The largest absolute Gasteiger partial charge is 0.393 e. The van der Waals surface area contributed by atoms with Gasteiger partial charge in [0, 0.05) is 18.9 Å². The Kier molecular flexibility index (Phi) is 4.02. The number of benzene rings is 2. The zero-order valence-corrected chi connectivity index (χ0v) is 12.2. The molecule has 3 aromatic rings. The van der Waals surface area contributed by atoms with Crippen molar-refractivity contribution in [3.8, 4) is 0 Å². The van der Waals surface area contributed by atoms with Crippen molar-refractivity contribution in [2.45, 2.75) is 25.4 Å². The van der Waals surface area contributed by atoms with E-state index in [0.717, 1.165) is 18.5 Å². The average molecular weight is 280 g/mol. The molecule has 3 nitrogen and oxygen atoms in total. The SMILES string of the molecule is Cn1nccc1CCC(O)Cc1cccc2ccccc12. The van der Waals surface area contributed by atoms with Crippen LogP contribution in [0, 0.1) is 0 Å². The molecule has 1 heterocycles. The Balaban J connectivity index is 1.69. The molecule has 0 fully saturated rings. The first-order valence-corrected chi connectivity index (χ1v) is 7.35. The summed E-state index contributed by atoms with van der Waals surface area (Å²) in [5.74, 6) is 0. The van der Waals surface area contributed by atoms with Gasteiger partial charge in [0.2, 0.25) is 0 Å². The average Bonchev–Trinajstić information content (AvgIpc) is 2.91. The maximum absolute atomic E-state index is 10.3. The van der Waals surface area contributed by atoms with Crippen LogP contribution in [0.15, 0.2) is 54.7 Å². The highest BCUT2D eigenvalue weighted by Gasteiger charge is 2.09. The van der Waals surface area contributed by atoms with E-state index in [1.54, 1.807) is 6.20 Å². The Hall–Kier alpha value is -2.13. The molecule has 1 atom stereocenters. The molecule has 2 aromatic carbocycles. The molecule has 0 radical (unpaired) electrons. The highest BCUT2D eigenvalue weighted by atomic mass is 16.3. The maximum atomic E-state index is 10.3. The summed E-state index contributed by atoms with van der Waals surface area (Å²) in [7, 11) is 1.94. The van der Waals surface area contributed by atoms with Gasteiger partial charge in [-0.3, -0.25) is 4.68 Å². The van der Waals surface area contributed by atoms with Gasteiger partial charge in [0.05, 0.1) is 6.10 Å². The monoisotopic (exact) mass is 280 g/mol. The van der Waals surface area contributed by atoms with Gasteiger partial charge >= 0.3 is 0 Å². The van der Waals surface area contributed by atoms with Crippen molar-refractivity contribution in [3.63, 3.8) is 0 Å². The van der Waals surface area contributed by atoms with Crippen LogP contribution in [0.5, 0.6) is 0 Å². The number of rotatable bonds is 5. The fourth-order valence-electron chi connectivity index (χ4n) is 2.79. The summed E-state index contributed by atoms with van der Waals surface area (Å²) in [5, 5.41) is 16.9. The molecule has 0 saturated carbocycles. The Morgan fingerprint density at radius 3 is 2.71 bits per heavy atom. The Morgan fingerprint density at radius 2 is 1.90 bits per heavy atom. The van der Waals surface area contributed by atoms with E-state index in [-0.39, 0.29) is 6.10 Å². The fourth-order valence-corrected chi connectivity index (χ4v) is 2.79. The van der Waals surface area contributed by atoms with Crippen molar-refractivity contribution in [1.29, 1.82) is 0 Å². The van der Waals surface area contributed by atoms with Crippen molar-refractivity contribution < 1.29 is 5.11 Å². The third kappa shape index (κ3) is 3.14. The minimum absolute atomic E-state index is 0.328. The minimum Gasteiger partial charge on any atom is -0.393 e. The summed E-state index contributed by atoms with van der Waals surface area (Å²) in [6.45, 7) is 0. The topological polar surface area (TPSA) is 38.0 Å². The Bertz CT molecular complexity index is 727. The molecule has 1 aromatic heterocycles. The molecular formula is C18H20N2O. The van der Waals surface area contributed by atoms with E-state index in [1.165, 1.54) is 16.3 Å². The predicted molar refractivity (Wildman–Crippen MR) is 85.2 cm³/mol. The highest BCUT2D eigenvalue weighted by molar-refractivity contribution is 5.85. The molecule has 1 unspecified atom stereocenters. The molecular weight excluding hydrogens is 260 g/mol. The molecule has 21 heavy (non-hydrogen) atoms.